The third-order valence-electron chi connectivity index (χ3n) is 4.86. The summed E-state index contributed by atoms with van der Waals surface area (Å²) in [7, 11) is 5.05. The molecule has 0 N–H and O–H groups in total. The van der Waals surface area contributed by atoms with Crippen molar-refractivity contribution >= 4 is 29.3 Å². The minimum Gasteiger partial charge on any atom is -0.495 e. The van der Waals surface area contributed by atoms with Gasteiger partial charge >= 0.3 is 0 Å². The Morgan fingerprint density at radius 3 is 2.35 bits per heavy atom. The molecule has 164 valence electrons. The van der Waals surface area contributed by atoms with Crippen molar-refractivity contribution in [3.05, 3.63) is 53.1 Å². The molecule has 1 aromatic heterocycles. The summed E-state index contributed by atoms with van der Waals surface area (Å²) in [5, 5.41) is 9.92. The molecule has 0 spiro atoms. The average molecular weight is 459 g/mol. The van der Waals surface area contributed by atoms with Crippen LogP contribution >= 0.6 is 23.4 Å². The lowest BCUT2D eigenvalue weighted by molar-refractivity contribution is -0.125. The number of ether oxygens (including phenoxy) is 1. The molecule has 31 heavy (non-hydrogen) atoms. The first-order valence-corrected chi connectivity index (χ1v) is 11.2. The van der Waals surface area contributed by atoms with Crippen molar-refractivity contribution in [2.24, 2.45) is 0 Å². The predicted molar refractivity (Wildman–Crippen MR) is 126 cm³/mol. The normalized spacial score (nSPS) is 11.5. The molecule has 6 nitrogen and oxygen atoms in total. The molecule has 0 atom stereocenters. The first kappa shape index (κ1) is 23.2. The third kappa shape index (κ3) is 5.22. The lowest BCUT2D eigenvalue weighted by Gasteiger charge is -2.19. The second-order valence-corrected chi connectivity index (χ2v) is 9.71. The van der Waals surface area contributed by atoms with Crippen LogP contribution in [0.5, 0.6) is 5.75 Å². The highest BCUT2D eigenvalue weighted by molar-refractivity contribution is 7.99. The van der Waals surface area contributed by atoms with Gasteiger partial charge in [-0.25, -0.2) is 0 Å². The Balaban J connectivity index is 2.07. The Hall–Kier alpha value is -2.51. The van der Waals surface area contributed by atoms with Crippen LogP contribution in [0.4, 0.5) is 0 Å². The zero-order valence-electron chi connectivity index (χ0n) is 18.6. The van der Waals surface area contributed by atoms with E-state index in [-0.39, 0.29) is 17.1 Å². The van der Waals surface area contributed by atoms with Gasteiger partial charge in [0.15, 0.2) is 11.0 Å². The van der Waals surface area contributed by atoms with Gasteiger partial charge < -0.3 is 9.64 Å². The number of aromatic nitrogens is 3. The molecule has 0 radical (unpaired) electrons. The van der Waals surface area contributed by atoms with Gasteiger partial charge in [-0.15, -0.1) is 10.2 Å². The third-order valence-corrected chi connectivity index (χ3v) is 6.07. The van der Waals surface area contributed by atoms with Crippen molar-refractivity contribution in [2.45, 2.75) is 31.3 Å². The second kappa shape index (κ2) is 9.32. The summed E-state index contributed by atoms with van der Waals surface area (Å²) in [5.74, 6) is 1.54. The van der Waals surface area contributed by atoms with E-state index >= 15 is 0 Å². The van der Waals surface area contributed by atoms with Crippen LogP contribution in [-0.4, -0.2) is 52.5 Å². The molecule has 0 saturated heterocycles. The van der Waals surface area contributed by atoms with E-state index in [9.17, 15) is 4.79 Å². The van der Waals surface area contributed by atoms with Gasteiger partial charge in [0.1, 0.15) is 5.75 Å². The van der Waals surface area contributed by atoms with E-state index in [2.05, 4.69) is 43.1 Å². The van der Waals surface area contributed by atoms with Crippen molar-refractivity contribution in [1.29, 1.82) is 0 Å². The Labute approximate surface area is 192 Å². The standard InChI is InChI=1S/C23H27ClN4O2S/c1-23(2,3)16-9-7-15(8-10-16)21-25-26-22(31-14-20(29)27(4)5)28(21)17-11-12-19(30-6)18(24)13-17/h7-13H,14H2,1-6H3. The maximum absolute atomic E-state index is 12.1. The number of hydrogen-bond donors (Lipinski definition) is 0. The Bertz CT molecular complexity index is 1070. The van der Waals surface area contributed by atoms with Crippen LogP contribution in [0.2, 0.25) is 5.02 Å². The van der Waals surface area contributed by atoms with Crippen molar-refractivity contribution < 1.29 is 9.53 Å². The SMILES string of the molecule is COc1ccc(-n2c(SCC(=O)N(C)C)nnc2-c2ccc(C(C)(C)C)cc2)cc1Cl. The summed E-state index contributed by atoms with van der Waals surface area (Å²) < 4.78 is 7.21. The number of carbonyl (C=O) groups excluding carboxylic acids is 1. The highest BCUT2D eigenvalue weighted by Crippen LogP contribution is 2.33. The zero-order valence-corrected chi connectivity index (χ0v) is 20.2. The molecule has 0 bridgehead atoms. The molecule has 0 aliphatic heterocycles. The van der Waals surface area contributed by atoms with Crippen LogP contribution in [0.3, 0.4) is 0 Å². The molecule has 0 aliphatic rings. The highest BCUT2D eigenvalue weighted by atomic mass is 35.5. The topological polar surface area (TPSA) is 60.2 Å². The first-order valence-electron chi connectivity index (χ1n) is 9.85. The molecular formula is C23H27ClN4O2S. The number of hydrogen-bond acceptors (Lipinski definition) is 5. The summed E-state index contributed by atoms with van der Waals surface area (Å²) in [6.45, 7) is 6.54. The van der Waals surface area contributed by atoms with E-state index in [1.165, 1.54) is 17.3 Å². The molecule has 1 heterocycles. The molecule has 0 unspecified atom stereocenters. The summed E-state index contributed by atoms with van der Waals surface area (Å²) >= 11 is 7.73. The molecule has 3 rings (SSSR count). The monoisotopic (exact) mass is 458 g/mol. The molecule has 0 saturated carbocycles. The van der Waals surface area contributed by atoms with Crippen LogP contribution in [-0.2, 0) is 10.2 Å². The van der Waals surface area contributed by atoms with Gasteiger partial charge in [0.25, 0.3) is 0 Å². The van der Waals surface area contributed by atoms with E-state index in [0.717, 1.165) is 11.3 Å². The molecule has 1 amide bonds. The smallest absolute Gasteiger partial charge is 0.232 e. The summed E-state index contributed by atoms with van der Waals surface area (Å²) in [4.78, 5) is 13.7. The minimum absolute atomic E-state index is 0.00314. The van der Waals surface area contributed by atoms with Gasteiger partial charge in [0, 0.05) is 19.7 Å². The highest BCUT2D eigenvalue weighted by Gasteiger charge is 2.20. The maximum Gasteiger partial charge on any atom is 0.232 e. The fourth-order valence-corrected chi connectivity index (χ4v) is 4.13. The quantitative estimate of drug-likeness (QED) is 0.482. The second-order valence-electron chi connectivity index (χ2n) is 8.36. The van der Waals surface area contributed by atoms with Crippen LogP contribution in [0.1, 0.15) is 26.3 Å². The van der Waals surface area contributed by atoms with Crippen molar-refractivity contribution in [3.63, 3.8) is 0 Å². The molecule has 8 heteroatoms. The minimum atomic E-state index is 0.00314. The van der Waals surface area contributed by atoms with Gasteiger partial charge in [-0.2, -0.15) is 0 Å². The fourth-order valence-electron chi connectivity index (χ4n) is 2.95. The Morgan fingerprint density at radius 1 is 1.13 bits per heavy atom. The number of halogens is 1. The summed E-state index contributed by atoms with van der Waals surface area (Å²) in [5.41, 5.74) is 3.02. The predicted octanol–water partition coefficient (Wildman–Crippen LogP) is 5.07. The number of carbonyl (C=O) groups is 1. The lowest BCUT2D eigenvalue weighted by atomic mass is 9.87. The van der Waals surface area contributed by atoms with E-state index in [1.807, 2.05) is 34.9 Å². The number of benzene rings is 2. The fraction of sp³-hybridized carbons (Fsp3) is 0.348. The van der Waals surface area contributed by atoms with Crippen LogP contribution in [0.25, 0.3) is 17.1 Å². The number of nitrogens with zero attached hydrogens (tertiary/aromatic N) is 4. The lowest BCUT2D eigenvalue weighted by Crippen LogP contribution is -2.23. The first-order chi connectivity index (χ1) is 14.6. The Morgan fingerprint density at radius 2 is 1.81 bits per heavy atom. The van der Waals surface area contributed by atoms with Gasteiger partial charge in [-0.3, -0.25) is 9.36 Å². The van der Waals surface area contributed by atoms with E-state index < -0.39 is 0 Å². The molecule has 0 fully saturated rings. The number of thioether (sulfide) groups is 1. The maximum atomic E-state index is 12.1. The number of methoxy groups -OCH3 is 1. The van der Waals surface area contributed by atoms with Gasteiger partial charge in [0.05, 0.1) is 23.6 Å². The van der Waals surface area contributed by atoms with Crippen molar-refractivity contribution in [1.82, 2.24) is 19.7 Å². The molecule has 3 aromatic rings. The summed E-state index contributed by atoms with van der Waals surface area (Å²) in [6.07, 6.45) is 0. The van der Waals surface area contributed by atoms with Crippen molar-refractivity contribution in [2.75, 3.05) is 27.0 Å². The van der Waals surface area contributed by atoms with Gasteiger partial charge in [-0.1, -0.05) is 68.4 Å². The Kier molecular flexibility index (Phi) is 6.96. The van der Waals surface area contributed by atoms with Gasteiger partial charge in [-0.05, 0) is 29.2 Å². The zero-order chi connectivity index (χ0) is 22.8. The summed E-state index contributed by atoms with van der Waals surface area (Å²) in [6, 6.07) is 13.8. The number of rotatable bonds is 6. The van der Waals surface area contributed by atoms with E-state index in [0.29, 0.717) is 21.8 Å². The average Bonchev–Trinajstić information content (AvgIpc) is 3.15. The molecule has 0 aliphatic carbocycles. The van der Waals surface area contributed by atoms with Crippen molar-refractivity contribution in [3.8, 4) is 22.8 Å². The molecular weight excluding hydrogens is 432 g/mol. The van der Waals surface area contributed by atoms with Crippen LogP contribution in [0, 0.1) is 0 Å². The molecule has 2 aromatic carbocycles. The van der Waals surface area contributed by atoms with E-state index in [1.54, 1.807) is 26.1 Å². The number of amides is 1. The van der Waals surface area contributed by atoms with Gasteiger partial charge in [0.2, 0.25) is 5.91 Å². The van der Waals surface area contributed by atoms with Crippen LogP contribution < -0.4 is 4.74 Å². The largest absolute Gasteiger partial charge is 0.495 e. The van der Waals surface area contributed by atoms with Crippen LogP contribution in [0.15, 0.2) is 47.6 Å². The van der Waals surface area contributed by atoms with E-state index in [4.69, 9.17) is 16.3 Å².